The van der Waals surface area contributed by atoms with Crippen molar-refractivity contribution in [2.45, 2.75) is 0 Å². The van der Waals surface area contributed by atoms with Crippen molar-refractivity contribution in [3.63, 3.8) is 0 Å². The van der Waals surface area contributed by atoms with Crippen molar-refractivity contribution in [1.29, 1.82) is 0 Å². The highest BCUT2D eigenvalue weighted by Crippen LogP contribution is 2.31. The van der Waals surface area contributed by atoms with Crippen LogP contribution in [0.25, 0.3) is 22.6 Å². The van der Waals surface area contributed by atoms with E-state index in [1.807, 2.05) is 24.3 Å². The van der Waals surface area contributed by atoms with Gasteiger partial charge >= 0.3 is 0 Å². The number of aliphatic imine (C=N–C) groups is 1. The number of oxazole rings is 1. The molecule has 1 aromatic heterocycles. The number of alkyl halides is 1. The fraction of sp³-hybridized carbons (Fsp3) is 0.0667. The van der Waals surface area contributed by atoms with Crippen molar-refractivity contribution in [3.05, 3.63) is 47.5 Å². The molecule has 2 aromatic carbocycles. The molecule has 0 saturated carbocycles. The average molecular weight is 320 g/mol. The maximum absolute atomic E-state index is 6.15. The maximum Gasteiger partial charge on any atom is 0.228 e. The molecule has 0 aliphatic heterocycles. The average Bonchev–Trinajstić information content (AvgIpc) is 2.90. The van der Waals surface area contributed by atoms with Crippen molar-refractivity contribution in [2.75, 3.05) is 5.88 Å². The first kappa shape index (κ1) is 13.9. The van der Waals surface area contributed by atoms with Crippen molar-refractivity contribution < 1.29 is 4.42 Å². The van der Waals surface area contributed by atoms with Gasteiger partial charge in [-0.05, 0) is 24.3 Å². The molecule has 1 heterocycles. The second kappa shape index (κ2) is 5.76. The molecule has 0 fully saturated rings. The van der Waals surface area contributed by atoms with Crippen molar-refractivity contribution in [2.24, 2.45) is 10.7 Å². The second-order valence-corrected chi connectivity index (χ2v) is 5.06. The highest BCUT2D eigenvalue weighted by Gasteiger charge is 2.11. The Bertz CT molecular complexity index is 827. The number of nitrogens with zero attached hydrogens (tertiary/aromatic N) is 2. The summed E-state index contributed by atoms with van der Waals surface area (Å²) in [5.41, 5.74) is 8.39. The summed E-state index contributed by atoms with van der Waals surface area (Å²) in [6.45, 7) is 0. The number of hydrogen-bond donors (Lipinski definition) is 1. The van der Waals surface area contributed by atoms with E-state index in [2.05, 4.69) is 9.98 Å². The summed E-state index contributed by atoms with van der Waals surface area (Å²) in [5.74, 6) is 1.00. The number of amidine groups is 1. The molecule has 3 aromatic rings. The van der Waals surface area contributed by atoms with Crippen LogP contribution in [0, 0.1) is 0 Å². The fourth-order valence-corrected chi connectivity index (χ4v) is 2.20. The Morgan fingerprint density at radius 2 is 2.05 bits per heavy atom. The molecular formula is C15H11Cl2N3O. The first-order valence-electron chi connectivity index (χ1n) is 6.22. The summed E-state index contributed by atoms with van der Waals surface area (Å²) in [5, 5.41) is 0.591. The van der Waals surface area contributed by atoms with Crippen LogP contribution in [0.2, 0.25) is 5.02 Å². The topological polar surface area (TPSA) is 64.4 Å². The molecule has 0 radical (unpaired) electrons. The fourth-order valence-electron chi connectivity index (χ4n) is 1.93. The standard InChI is InChI=1S/C15H11Cl2N3O/c16-8-14(18)19-9-5-6-12-13(7-9)21-15(20-12)10-3-1-2-4-11(10)17/h1-7H,8H2,(H2,18,19). The lowest BCUT2D eigenvalue weighted by molar-refractivity contribution is 0.620. The van der Waals surface area contributed by atoms with Crippen LogP contribution in [-0.4, -0.2) is 16.7 Å². The molecule has 106 valence electrons. The number of nitrogens with two attached hydrogens (primary N) is 1. The Kier molecular flexibility index (Phi) is 3.82. The summed E-state index contributed by atoms with van der Waals surface area (Å²) in [6.07, 6.45) is 0. The number of halogens is 2. The molecule has 0 spiro atoms. The van der Waals surface area contributed by atoms with Crippen LogP contribution in [0.3, 0.4) is 0 Å². The first-order chi connectivity index (χ1) is 10.2. The van der Waals surface area contributed by atoms with E-state index in [4.69, 9.17) is 33.4 Å². The molecule has 0 saturated heterocycles. The monoisotopic (exact) mass is 319 g/mol. The third kappa shape index (κ3) is 2.86. The SMILES string of the molecule is NC(CCl)=Nc1ccc2nc(-c3ccccc3Cl)oc2c1. The van der Waals surface area contributed by atoms with Crippen molar-refractivity contribution in [3.8, 4) is 11.5 Å². The summed E-state index contributed by atoms with van der Waals surface area (Å²) in [7, 11) is 0. The zero-order valence-electron chi connectivity index (χ0n) is 10.9. The van der Waals surface area contributed by atoms with Crippen LogP contribution in [0.15, 0.2) is 51.9 Å². The van der Waals surface area contributed by atoms with Crippen LogP contribution in [0.5, 0.6) is 0 Å². The highest BCUT2D eigenvalue weighted by molar-refractivity contribution is 6.33. The van der Waals surface area contributed by atoms with E-state index in [1.54, 1.807) is 18.2 Å². The molecular weight excluding hydrogens is 309 g/mol. The third-order valence-corrected chi connectivity index (χ3v) is 3.49. The van der Waals surface area contributed by atoms with Gasteiger partial charge in [0.2, 0.25) is 5.89 Å². The summed E-state index contributed by atoms with van der Waals surface area (Å²) in [6, 6.07) is 12.8. The van der Waals surface area contributed by atoms with E-state index in [1.165, 1.54) is 0 Å². The number of benzene rings is 2. The van der Waals surface area contributed by atoms with Gasteiger partial charge in [0.1, 0.15) is 11.4 Å². The van der Waals surface area contributed by atoms with Crippen molar-refractivity contribution in [1.82, 2.24) is 4.98 Å². The van der Waals surface area contributed by atoms with Gasteiger partial charge in [0.15, 0.2) is 5.58 Å². The Labute approximate surface area is 131 Å². The first-order valence-corrected chi connectivity index (χ1v) is 7.13. The van der Waals surface area contributed by atoms with Gasteiger partial charge in [-0.15, -0.1) is 11.6 Å². The molecule has 0 aliphatic rings. The lowest BCUT2D eigenvalue weighted by atomic mass is 10.2. The van der Waals surface area contributed by atoms with Gasteiger partial charge < -0.3 is 10.2 Å². The molecule has 0 amide bonds. The van der Waals surface area contributed by atoms with Crippen LogP contribution < -0.4 is 5.73 Å². The third-order valence-electron chi connectivity index (χ3n) is 2.89. The van der Waals surface area contributed by atoms with E-state index in [9.17, 15) is 0 Å². The van der Waals surface area contributed by atoms with E-state index < -0.39 is 0 Å². The van der Waals surface area contributed by atoms with Crippen LogP contribution in [0.1, 0.15) is 0 Å². The van der Waals surface area contributed by atoms with E-state index in [0.29, 0.717) is 28.0 Å². The van der Waals surface area contributed by atoms with Gasteiger partial charge in [-0.1, -0.05) is 23.7 Å². The predicted molar refractivity (Wildman–Crippen MR) is 86.5 cm³/mol. The molecule has 0 aliphatic carbocycles. The Balaban J connectivity index is 2.07. The molecule has 0 atom stereocenters. The van der Waals surface area contributed by atoms with Gasteiger partial charge in [0.05, 0.1) is 22.2 Å². The number of rotatable bonds is 3. The van der Waals surface area contributed by atoms with Gasteiger partial charge in [-0.2, -0.15) is 0 Å². The lowest BCUT2D eigenvalue weighted by Crippen LogP contribution is -2.12. The minimum atomic E-state index is 0.180. The zero-order chi connectivity index (χ0) is 14.8. The van der Waals surface area contributed by atoms with E-state index in [-0.39, 0.29) is 5.88 Å². The molecule has 2 N–H and O–H groups in total. The summed E-state index contributed by atoms with van der Waals surface area (Å²) >= 11 is 11.8. The largest absolute Gasteiger partial charge is 0.436 e. The van der Waals surface area contributed by atoms with Gasteiger partial charge in [-0.3, -0.25) is 0 Å². The van der Waals surface area contributed by atoms with Crippen molar-refractivity contribution >= 4 is 45.8 Å². The maximum atomic E-state index is 6.15. The minimum Gasteiger partial charge on any atom is -0.436 e. The molecule has 21 heavy (non-hydrogen) atoms. The Hall–Kier alpha value is -2.04. The molecule has 3 rings (SSSR count). The Morgan fingerprint density at radius 3 is 2.81 bits per heavy atom. The smallest absolute Gasteiger partial charge is 0.228 e. The second-order valence-electron chi connectivity index (χ2n) is 4.39. The molecule has 4 nitrogen and oxygen atoms in total. The summed E-state index contributed by atoms with van der Waals surface area (Å²) < 4.78 is 5.75. The van der Waals surface area contributed by atoms with E-state index >= 15 is 0 Å². The number of hydrogen-bond acceptors (Lipinski definition) is 3. The highest BCUT2D eigenvalue weighted by atomic mass is 35.5. The Morgan fingerprint density at radius 1 is 1.24 bits per heavy atom. The normalized spacial score (nSPS) is 12.0. The minimum absolute atomic E-state index is 0.180. The van der Waals surface area contributed by atoms with Crippen LogP contribution in [0.4, 0.5) is 5.69 Å². The van der Waals surface area contributed by atoms with Gasteiger partial charge in [-0.25, -0.2) is 9.98 Å². The number of aromatic nitrogens is 1. The molecule has 0 bridgehead atoms. The summed E-state index contributed by atoms with van der Waals surface area (Å²) in [4.78, 5) is 8.60. The zero-order valence-corrected chi connectivity index (χ0v) is 12.4. The van der Waals surface area contributed by atoms with Crippen LogP contribution >= 0.6 is 23.2 Å². The predicted octanol–water partition coefficient (Wildman–Crippen LogP) is 4.38. The van der Waals surface area contributed by atoms with Crippen LogP contribution in [-0.2, 0) is 0 Å². The molecule has 6 heteroatoms. The van der Waals surface area contributed by atoms with Gasteiger partial charge in [0.25, 0.3) is 0 Å². The van der Waals surface area contributed by atoms with E-state index in [0.717, 1.165) is 11.1 Å². The quantitative estimate of drug-likeness (QED) is 0.442. The molecule has 0 unspecified atom stereocenters. The lowest BCUT2D eigenvalue weighted by Gasteiger charge is -1.97. The van der Waals surface area contributed by atoms with Gasteiger partial charge in [0, 0.05) is 6.07 Å². The number of fused-ring (bicyclic) bond motifs is 1.